The summed E-state index contributed by atoms with van der Waals surface area (Å²) in [4.78, 5) is 0. The Kier molecular flexibility index (Phi) is 12.3. The van der Waals surface area contributed by atoms with Gasteiger partial charge in [0, 0.05) is 0 Å². The van der Waals surface area contributed by atoms with E-state index in [1.807, 2.05) is 0 Å². The van der Waals surface area contributed by atoms with Gasteiger partial charge < -0.3 is 4.48 Å². The molecule has 1 heteroatoms. The number of unbranched alkanes of at least 4 members (excludes halogenated alkanes) is 2. The predicted octanol–water partition coefficient (Wildman–Crippen LogP) is 6.77. The van der Waals surface area contributed by atoms with E-state index in [-0.39, 0.29) is 0 Å². The van der Waals surface area contributed by atoms with Crippen LogP contribution in [0.3, 0.4) is 0 Å². The zero-order valence-corrected chi connectivity index (χ0v) is 17.8. The van der Waals surface area contributed by atoms with E-state index in [9.17, 15) is 0 Å². The molecule has 0 N–H and O–H groups in total. The highest BCUT2D eigenvalue weighted by Crippen LogP contribution is 2.24. The van der Waals surface area contributed by atoms with E-state index in [0.717, 1.165) is 23.7 Å². The predicted molar refractivity (Wildman–Crippen MR) is 107 cm³/mol. The summed E-state index contributed by atoms with van der Waals surface area (Å²) < 4.78 is 1.20. The lowest BCUT2D eigenvalue weighted by Gasteiger charge is -2.33. The molecule has 0 fully saturated rings. The normalized spacial score (nSPS) is 17.7. The van der Waals surface area contributed by atoms with Crippen molar-refractivity contribution in [3.8, 4) is 0 Å². The highest BCUT2D eigenvalue weighted by Gasteiger charge is 2.21. The molecule has 0 aliphatic carbocycles. The van der Waals surface area contributed by atoms with Gasteiger partial charge in [-0.05, 0) is 36.5 Å². The molecule has 0 heterocycles. The molecule has 0 aliphatic heterocycles. The van der Waals surface area contributed by atoms with E-state index >= 15 is 0 Å². The first kappa shape index (κ1) is 23.0. The van der Waals surface area contributed by atoms with Gasteiger partial charge in [-0.3, -0.25) is 0 Å². The molecular weight excluding hydrogens is 278 g/mol. The van der Waals surface area contributed by atoms with Crippen LogP contribution in [0.15, 0.2) is 0 Å². The van der Waals surface area contributed by atoms with Gasteiger partial charge in [-0.25, -0.2) is 0 Å². The average Bonchev–Trinajstić information content (AvgIpc) is 2.53. The van der Waals surface area contributed by atoms with Crippen LogP contribution in [-0.2, 0) is 0 Å². The Morgan fingerprint density at radius 2 is 0.870 bits per heavy atom. The van der Waals surface area contributed by atoms with Gasteiger partial charge in [0.15, 0.2) is 0 Å². The Balaban J connectivity index is 4.07. The van der Waals surface area contributed by atoms with E-state index in [1.165, 1.54) is 68.9 Å². The lowest BCUT2D eigenvalue weighted by Crippen LogP contribution is -2.43. The number of quaternary nitrogens is 1. The van der Waals surface area contributed by atoms with Crippen LogP contribution >= 0.6 is 0 Å². The molecule has 0 aromatic heterocycles. The molecular formula is C22H48N+. The van der Waals surface area contributed by atoms with E-state index in [1.54, 1.807) is 0 Å². The van der Waals surface area contributed by atoms with Gasteiger partial charge in [0.05, 0.1) is 27.2 Å². The molecule has 0 spiro atoms. The third kappa shape index (κ3) is 11.2. The molecule has 4 unspecified atom stereocenters. The Morgan fingerprint density at radius 1 is 0.565 bits per heavy atom. The lowest BCUT2D eigenvalue weighted by molar-refractivity contribution is -0.891. The van der Waals surface area contributed by atoms with Gasteiger partial charge in [0.2, 0.25) is 0 Å². The summed E-state index contributed by atoms with van der Waals surface area (Å²) in [6.45, 7) is 17.1. The van der Waals surface area contributed by atoms with Crippen molar-refractivity contribution in [3.63, 3.8) is 0 Å². The summed E-state index contributed by atoms with van der Waals surface area (Å²) in [6.07, 6.45) is 11.1. The maximum Gasteiger partial charge on any atom is 0.0785 e. The monoisotopic (exact) mass is 326 g/mol. The summed E-state index contributed by atoms with van der Waals surface area (Å²) in [5, 5.41) is 0. The van der Waals surface area contributed by atoms with Gasteiger partial charge in [0.25, 0.3) is 0 Å². The van der Waals surface area contributed by atoms with E-state index in [0.29, 0.717) is 0 Å². The average molecular weight is 327 g/mol. The zero-order chi connectivity index (χ0) is 17.9. The third-order valence-electron chi connectivity index (χ3n) is 6.35. The van der Waals surface area contributed by atoms with Crippen molar-refractivity contribution in [2.24, 2.45) is 23.7 Å². The number of hydrogen-bond donors (Lipinski definition) is 0. The molecule has 0 bridgehead atoms. The smallest absolute Gasteiger partial charge is 0.0785 e. The largest absolute Gasteiger partial charge is 0.328 e. The number of hydrogen-bond acceptors (Lipinski definition) is 0. The van der Waals surface area contributed by atoms with Crippen LogP contribution in [0.25, 0.3) is 0 Å². The van der Waals surface area contributed by atoms with Gasteiger partial charge in [-0.1, -0.05) is 80.1 Å². The van der Waals surface area contributed by atoms with Crippen LogP contribution in [-0.4, -0.2) is 31.7 Å². The Hall–Kier alpha value is -0.0400. The van der Waals surface area contributed by atoms with Crippen molar-refractivity contribution >= 4 is 0 Å². The molecule has 0 aromatic rings. The second-order valence-corrected chi connectivity index (χ2v) is 9.15. The van der Waals surface area contributed by atoms with Crippen molar-refractivity contribution in [1.82, 2.24) is 0 Å². The van der Waals surface area contributed by atoms with E-state index in [4.69, 9.17) is 0 Å². The summed E-state index contributed by atoms with van der Waals surface area (Å²) in [7, 11) is 4.87. The van der Waals surface area contributed by atoms with Crippen LogP contribution in [0.5, 0.6) is 0 Å². The van der Waals surface area contributed by atoms with Gasteiger partial charge >= 0.3 is 0 Å². The first-order valence-electron chi connectivity index (χ1n) is 10.6. The van der Waals surface area contributed by atoms with Crippen molar-refractivity contribution in [2.75, 3.05) is 27.2 Å². The summed E-state index contributed by atoms with van der Waals surface area (Å²) in [5.74, 6) is 3.53. The fraction of sp³-hybridized carbons (Fsp3) is 1.00. The van der Waals surface area contributed by atoms with Gasteiger partial charge in [-0.15, -0.1) is 0 Å². The highest BCUT2D eigenvalue weighted by molar-refractivity contribution is 4.64. The standard InChI is InChI=1S/C22H48N/c1-9-11-13-19(3)21(5)15-17-23(7,8)18-16-22(6)20(4)14-12-10-2/h19-22H,9-18H2,1-8H3/q+1. The summed E-state index contributed by atoms with van der Waals surface area (Å²) >= 11 is 0. The van der Waals surface area contributed by atoms with Crippen LogP contribution in [0.1, 0.15) is 92.9 Å². The zero-order valence-electron chi connectivity index (χ0n) is 17.8. The van der Waals surface area contributed by atoms with Crippen molar-refractivity contribution < 1.29 is 4.48 Å². The Labute approximate surface area is 148 Å². The molecule has 0 rings (SSSR count). The minimum atomic E-state index is 0.875. The Bertz CT molecular complexity index is 245. The first-order valence-corrected chi connectivity index (χ1v) is 10.6. The van der Waals surface area contributed by atoms with Crippen LogP contribution in [0.4, 0.5) is 0 Å². The molecule has 0 aromatic carbocycles. The SMILES string of the molecule is CCCCC(C)C(C)CC[N+](C)(C)CCC(C)C(C)CCCC. The maximum atomic E-state index is 2.47. The van der Waals surface area contributed by atoms with Crippen molar-refractivity contribution in [3.05, 3.63) is 0 Å². The second-order valence-electron chi connectivity index (χ2n) is 9.15. The van der Waals surface area contributed by atoms with Crippen LogP contribution in [0, 0.1) is 23.7 Å². The molecule has 1 nitrogen and oxygen atoms in total. The van der Waals surface area contributed by atoms with Gasteiger partial charge in [0.1, 0.15) is 0 Å². The van der Waals surface area contributed by atoms with Crippen molar-refractivity contribution in [2.45, 2.75) is 92.9 Å². The molecule has 4 atom stereocenters. The van der Waals surface area contributed by atoms with Crippen LogP contribution < -0.4 is 0 Å². The fourth-order valence-corrected chi connectivity index (χ4v) is 3.41. The first-order chi connectivity index (χ1) is 10.7. The topological polar surface area (TPSA) is 0 Å². The van der Waals surface area contributed by atoms with E-state index < -0.39 is 0 Å². The minimum Gasteiger partial charge on any atom is -0.328 e. The van der Waals surface area contributed by atoms with Crippen LogP contribution in [0.2, 0.25) is 0 Å². The second kappa shape index (κ2) is 12.3. The molecule has 0 radical (unpaired) electrons. The third-order valence-corrected chi connectivity index (χ3v) is 6.35. The summed E-state index contributed by atoms with van der Waals surface area (Å²) in [5.41, 5.74) is 0. The number of rotatable bonds is 14. The Morgan fingerprint density at radius 3 is 1.17 bits per heavy atom. The quantitative estimate of drug-likeness (QED) is 0.309. The molecule has 140 valence electrons. The maximum absolute atomic E-state index is 2.47. The molecule has 0 aliphatic rings. The molecule has 0 saturated heterocycles. The fourth-order valence-electron chi connectivity index (χ4n) is 3.41. The highest BCUT2D eigenvalue weighted by atomic mass is 15.3. The molecule has 23 heavy (non-hydrogen) atoms. The molecule has 0 saturated carbocycles. The van der Waals surface area contributed by atoms with E-state index in [2.05, 4.69) is 55.6 Å². The summed E-state index contributed by atoms with van der Waals surface area (Å²) in [6, 6.07) is 0. The van der Waals surface area contributed by atoms with Gasteiger partial charge in [-0.2, -0.15) is 0 Å². The minimum absolute atomic E-state index is 0.875. The lowest BCUT2D eigenvalue weighted by atomic mass is 9.87. The number of nitrogens with zero attached hydrogens (tertiary/aromatic N) is 1. The van der Waals surface area contributed by atoms with Crippen molar-refractivity contribution in [1.29, 1.82) is 0 Å². The molecule has 0 amide bonds.